The summed E-state index contributed by atoms with van der Waals surface area (Å²) in [7, 11) is 0. The zero-order chi connectivity index (χ0) is 42.3. The van der Waals surface area contributed by atoms with E-state index in [9.17, 15) is 59.4 Å². The lowest BCUT2D eigenvalue weighted by atomic mass is 9.98. The second-order valence-electron chi connectivity index (χ2n) is 14.0. The van der Waals surface area contributed by atoms with Gasteiger partial charge in [0.25, 0.3) is 0 Å². The molecule has 1 aliphatic rings. The van der Waals surface area contributed by atoms with Crippen LogP contribution in [0.2, 0.25) is 0 Å². The molecule has 3 aromatic rings. The lowest BCUT2D eigenvalue weighted by molar-refractivity contribution is -0.151. The predicted molar refractivity (Wildman–Crippen MR) is 195 cm³/mol. The van der Waals surface area contributed by atoms with Crippen LogP contribution in [0.5, 0.6) is 34.5 Å². The highest BCUT2D eigenvalue weighted by Crippen LogP contribution is 2.33. The highest BCUT2D eigenvalue weighted by atomic mass is 16.6. The van der Waals surface area contributed by atoms with E-state index < -0.39 is 132 Å². The van der Waals surface area contributed by atoms with Crippen molar-refractivity contribution in [2.45, 2.75) is 104 Å². The third-order valence-corrected chi connectivity index (χ3v) is 8.58. The van der Waals surface area contributed by atoms with Crippen molar-refractivity contribution in [3.8, 4) is 34.5 Å². The molecule has 306 valence electrons. The Labute approximate surface area is 326 Å². The topological polar surface area (TPSA) is 270 Å². The Morgan fingerprint density at radius 2 is 0.702 bits per heavy atom. The summed E-state index contributed by atoms with van der Waals surface area (Å²) in [4.78, 5) is 78.7. The quantitative estimate of drug-likeness (QED) is 0.137. The number of fused-ring (bicyclic) bond motifs is 3. The molecule has 0 saturated carbocycles. The molecule has 4 rings (SSSR count). The molecular formula is C40H44O17. The molecular weight excluding hydrogens is 752 g/mol. The maximum absolute atomic E-state index is 13.3. The van der Waals surface area contributed by atoms with E-state index >= 15 is 0 Å². The smallest absolute Gasteiger partial charge is 0.342 e. The number of Topliss-reactive ketones (excluding diaryl/α,β-unsaturated/α-hetero) is 1. The van der Waals surface area contributed by atoms with E-state index in [1.54, 1.807) is 0 Å². The number of ether oxygens (including phenoxy) is 5. The SMILES string of the molecule is C[C@@H]1Cc2cc(O)cc(O)c2C(=O)O[C@H](C)CC(=O)Cc2cc(O)cc(O)c2C(=O)O[C@H](C)CC(=O)O[C@H](C)Cc2cc(O)cc(O)c2C(=O)O[C@H](C)CC(=O)O1. The zero-order valence-corrected chi connectivity index (χ0v) is 31.8. The monoisotopic (exact) mass is 796 g/mol. The molecule has 3 aromatic carbocycles. The van der Waals surface area contributed by atoms with Gasteiger partial charge in [0.15, 0.2) is 0 Å². The number of rotatable bonds is 0. The zero-order valence-electron chi connectivity index (χ0n) is 31.8. The van der Waals surface area contributed by atoms with Crippen LogP contribution >= 0.6 is 0 Å². The number of ketones is 1. The minimum Gasteiger partial charge on any atom is -0.508 e. The third-order valence-electron chi connectivity index (χ3n) is 8.58. The van der Waals surface area contributed by atoms with Gasteiger partial charge in [-0.25, -0.2) is 14.4 Å². The van der Waals surface area contributed by atoms with Gasteiger partial charge < -0.3 is 54.3 Å². The molecule has 1 aliphatic heterocycles. The number of carbonyl (C=O) groups is 6. The van der Waals surface area contributed by atoms with Crippen molar-refractivity contribution < 1.29 is 83.1 Å². The molecule has 5 atom stereocenters. The Kier molecular flexibility index (Phi) is 14.0. The fourth-order valence-corrected chi connectivity index (χ4v) is 6.35. The van der Waals surface area contributed by atoms with Crippen molar-refractivity contribution in [1.82, 2.24) is 0 Å². The van der Waals surface area contributed by atoms with Gasteiger partial charge in [-0.3, -0.25) is 14.4 Å². The van der Waals surface area contributed by atoms with Gasteiger partial charge >= 0.3 is 29.8 Å². The maximum Gasteiger partial charge on any atom is 0.342 e. The summed E-state index contributed by atoms with van der Waals surface area (Å²) in [5, 5.41) is 62.3. The lowest BCUT2D eigenvalue weighted by Crippen LogP contribution is -2.26. The number of benzene rings is 3. The van der Waals surface area contributed by atoms with Gasteiger partial charge in [0.1, 0.15) is 87.5 Å². The van der Waals surface area contributed by atoms with E-state index in [2.05, 4.69) is 0 Å². The molecule has 0 saturated heterocycles. The normalized spacial score (nSPS) is 22.5. The van der Waals surface area contributed by atoms with Gasteiger partial charge in [0.05, 0.1) is 12.8 Å². The van der Waals surface area contributed by atoms with Crippen LogP contribution in [0, 0.1) is 0 Å². The van der Waals surface area contributed by atoms with Crippen LogP contribution in [0.4, 0.5) is 0 Å². The fraction of sp³-hybridized carbons (Fsp3) is 0.400. The minimum absolute atomic E-state index is 0.0202. The largest absolute Gasteiger partial charge is 0.508 e. The summed E-state index contributed by atoms with van der Waals surface area (Å²) in [6, 6.07) is 6.00. The minimum atomic E-state index is -1.15. The van der Waals surface area contributed by atoms with E-state index in [1.165, 1.54) is 34.6 Å². The number of phenolic OH excluding ortho intramolecular Hbond substituents is 6. The molecule has 6 N–H and O–H groups in total. The van der Waals surface area contributed by atoms with Gasteiger partial charge in [-0.05, 0) is 69.5 Å². The molecule has 17 heteroatoms. The van der Waals surface area contributed by atoms with Crippen LogP contribution in [0.3, 0.4) is 0 Å². The molecule has 0 radical (unpaired) electrons. The van der Waals surface area contributed by atoms with E-state index in [1.807, 2.05) is 0 Å². The lowest BCUT2D eigenvalue weighted by Gasteiger charge is -2.20. The average molecular weight is 797 g/mol. The van der Waals surface area contributed by atoms with Gasteiger partial charge in [0, 0.05) is 43.9 Å². The first-order chi connectivity index (χ1) is 26.7. The van der Waals surface area contributed by atoms with Crippen molar-refractivity contribution in [2.24, 2.45) is 0 Å². The number of hydrogen-bond donors (Lipinski definition) is 6. The summed E-state index contributed by atoms with van der Waals surface area (Å²) in [5.74, 6) is -8.97. The van der Waals surface area contributed by atoms with Crippen LogP contribution in [-0.4, -0.2) is 96.8 Å². The number of esters is 5. The Bertz CT molecular complexity index is 2050. The Balaban J connectivity index is 1.67. The van der Waals surface area contributed by atoms with Crippen LogP contribution in [0.25, 0.3) is 0 Å². The molecule has 0 bridgehead atoms. The molecule has 0 aliphatic carbocycles. The van der Waals surface area contributed by atoms with Crippen LogP contribution in [0.1, 0.15) is 102 Å². The van der Waals surface area contributed by atoms with E-state index in [0.29, 0.717) is 0 Å². The summed E-state index contributed by atoms with van der Waals surface area (Å²) < 4.78 is 27.1. The summed E-state index contributed by atoms with van der Waals surface area (Å²) in [6.45, 7) is 7.05. The predicted octanol–water partition coefficient (Wildman–Crippen LogP) is 4.20. The van der Waals surface area contributed by atoms with Gasteiger partial charge in [-0.2, -0.15) is 0 Å². The summed E-state index contributed by atoms with van der Waals surface area (Å²) >= 11 is 0. The number of cyclic esters (lactones) is 5. The first-order valence-corrected chi connectivity index (χ1v) is 17.9. The number of carbonyl (C=O) groups excluding carboxylic acids is 6. The molecule has 0 spiro atoms. The van der Waals surface area contributed by atoms with Gasteiger partial charge in [0.2, 0.25) is 0 Å². The van der Waals surface area contributed by atoms with E-state index in [4.69, 9.17) is 23.7 Å². The first-order valence-electron chi connectivity index (χ1n) is 17.9. The molecule has 0 aromatic heterocycles. The fourth-order valence-electron chi connectivity index (χ4n) is 6.35. The number of phenols is 6. The van der Waals surface area contributed by atoms with Gasteiger partial charge in [-0.1, -0.05) is 0 Å². The van der Waals surface area contributed by atoms with Crippen molar-refractivity contribution >= 4 is 35.6 Å². The van der Waals surface area contributed by atoms with Crippen molar-refractivity contribution in [2.75, 3.05) is 0 Å². The molecule has 17 nitrogen and oxygen atoms in total. The molecule has 57 heavy (non-hydrogen) atoms. The maximum atomic E-state index is 13.3. The molecule has 0 fully saturated rings. The highest BCUT2D eigenvalue weighted by Gasteiger charge is 2.29. The Morgan fingerprint density at radius 3 is 1.07 bits per heavy atom. The number of hydrogen-bond acceptors (Lipinski definition) is 17. The second-order valence-corrected chi connectivity index (χ2v) is 14.0. The summed E-state index contributed by atoms with van der Waals surface area (Å²) in [6.07, 6.45) is -7.66. The molecule has 0 unspecified atom stereocenters. The van der Waals surface area contributed by atoms with Crippen molar-refractivity contribution in [3.63, 3.8) is 0 Å². The molecule has 0 amide bonds. The van der Waals surface area contributed by atoms with Gasteiger partial charge in [-0.15, -0.1) is 0 Å². The van der Waals surface area contributed by atoms with Crippen LogP contribution in [-0.2, 0) is 57.3 Å². The Morgan fingerprint density at radius 1 is 0.404 bits per heavy atom. The third kappa shape index (κ3) is 11.7. The average Bonchev–Trinajstić information content (AvgIpc) is 3.02. The van der Waals surface area contributed by atoms with E-state index in [0.717, 1.165) is 36.4 Å². The van der Waals surface area contributed by atoms with Crippen molar-refractivity contribution in [1.29, 1.82) is 0 Å². The standard InChI is InChI=1S/C40H44O17/c1-18-6-23-11-27(42)15-30(45)35(23)38(50)55-20(3)8-26(41)13-25-14-29(44)17-32(47)37(25)40(52)57-22(5)10-34(49)54-19(2)7-24-12-28(43)16-31(46)36(24)39(51)56-21(4)9-33(48)53-18/h11-12,14-22,42-47H,6-10,13H2,1-5H3/t18-,19-,20-,21-,22-/m1/s1. The van der Waals surface area contributed by atoms with Crippen LogP contribution < -0.4 is 0 Å². The van der Waals surface area contributed by atoms with E-state index in [-0.39, 0.29) is 40.7 Å². The second kappa shape index (κ2) is 18.4. The first kappa shape index (κ1) is 43.2. The van der Waals surface area contributed by atoms with Crippen LogP contribution in [0.15, 0.2) is 36.4 Å². The van der Waals surface area contributed by atoms with Crippen molar-refractivity contribution in [3.05, 3.63) is 69.8 Å². The Hall–Kier alpha value is -6.52. The highest BCUT2D eigenvalue weighted by molar-refractivity contribution is 5.97. The molecule has 1 heterocycles. The number of aromatic hydroxyl groups is 6. The summed E-state index contributed by atoms with van der Waals surface area (Å²) in [5.41, 5.74) is -1.33.